The standard InChI is InChI=1S/C18H20FN5O3S/c1-17(2)16(20)24-18(3,9-28(17,26)27)15-12(19)5-4-11(23-15)8-14(25)13-6-7-21-10-22-13/h4-7,10H,8-9H2,1-3H3,(H2,20,24)/t18-/m0/s1. The number of carbonyl (C=O) groups excluding carboxylic acids is 1. The predicted molar refractivity (Wildman–Crippen MR) is 101 cm³/mol. The molecule has 8 nitrogen and oxygen atoms in total. The Kier molecular flexibility index (Phi) is 4.78. The molecular formula is C18H20FN5O3S. The lowest BCUT2D eigenvalue weighted by Gasteiger charge is -2.37. The molecule has 0 aliphatic carbocycles. The topological polar surface area (TPSA) is 128 Å². The van der Waals surface area contributed by atoms with Gasteiger partial charge in [0.15, 0.2) is 15.6 Å². The van der Waals surface area contributed by atoms with Gasteiger partial charge in [0, 0.05) is 11.9 Å². The van der Waals surface area contributed by atoms with E-state index < -0.39 is 31.7 Å². The predicted octanol–water partition coefficient (Wildman–Crippen LogP) is 1.22. The number of amidine groups is 1. The van der Waals surface area contributed by atoms with Gasteiger partial charge in [0.1, 0.15) is 39.7 Å². The van der Waals surface area contributed by atoms with Crippen LogP contribution in [0.15, 0.2) is 35.7 Å². The van der Waals surface area contributed by atoms with Gasteiger partial charge in [-0.25, -0.2) is 22.8 Å². The molecule has 3 heterocycles. The van der Waals surface area contributed by atoms with Crippen molar-refractivity contribution in [1.29, 1.82) is 0 Å². The van der Waals surface area contributed by atoms with Crippen LogP contribution in [0, 0.1) is 5.82 Å². The first kappa shape index (κ1) is 20.0. The molecule has 0 saturated heterocycles. The highest BCUT2D eigenvalue weighted by molar-refractivity contribution is 7.93. The van der Waals surface area contributed by atoms with Crippen LogP contribution in [0.25, 0.3) is 0 Å². The van der Waals surface area contributed by atoms with E-state index in [1.807, 2.05) is 0 Å². The molecule has 148 valence electrons. The summed E-state index contributed by atoms with van der Waals surface area (Å²) in [5.74, 6) is -1.59. The summed E-state index contributed by atoms with van der Waals surface area (Å²) in [6, 6.07) is 3.98. The summed E-state index contributed by atoms with van der Waals surface area (Å²) in [7, 11) is -3.71. The number of hydrogen-bond donors (Lipinski definition) is 1. The smallest absolute Gasteiger partial charge is 0.187 e. The van der Waals surface area contributed by atoms with Gasteiger partial charge in [-0.3, -0.25) is 14.8 Å². The van der Waals surface area contributed by atoms with Crippen LogP contribution in [0.3, 0.4) is 0 Å². The number of rotatable bonds is 4. The van der Waals surface area contributed by atoms with Crippen molar-refractivity contribution in [2.75, 3.05) is 5.75 Å². The van der Waals surface area contributed by atoms with Crippen LogP contribution in [0.5, 0.6) is 0 Å². The Bertz CT molecular complexity index is 1070. The number of nitrogens with two attached hydrogens (primary N) is 1. The second-order valence-electron chi connectivity index (χ2n) is 7.37. The highest BCUT2D eigenvalue weighted by Gasteiger charge is 2.50. The molecule has 2 aromatic rings. The maximum absolute atomic E-state index is 14.6. The van der Waals surface area contributed by atoms with Crippen LogP contribution >= 0.6 is 0 Å². The first-order chi connectivity index (χ1) is 13.0. The lowest BCUT2D eigenvalue weighted by atomic mass is 9.97. The fourth-order valence-corrected chi connectivity index (χ4v) is 4.60. The number of Topliss-reactive ketones (excluding diaryl/α,β-unsaturated/α-hetero) is 1. The maximum Gasteiger partial charge on any atom is 0.187 e. The first-order valence-corrected chi connectivity index (χ1v) is 10.1. The van der Waals surface area contributed by atoms with Crippen LogP contribution in [0.1, 0.15) is 42.6 Å². The molecule has 28 heavy (non-hydrogen) atoms. The van der Waals surface area contributed by atoms with Gasteiger partial charge in [-0.1, -0.05) is 0 Å². The molecule has 1 atom stereocenters. The first-order valence-electron chi connectivity index (χ1n) is 8.49. The highest BCUT2D eigenvalue weighted by atomic mass is 32.2. The van der Waals surface area contributed by atoms with E-state index in [2.05, 4.69) is 19.9 Å². The molecule has 0 radical (unpaired) electrons. The highest BCUT2D eigenvalue weighted by Crippen LogP contribution is 2.36. The van der Waals surface area contributed by atoms with Gasteiger partial charge in [0.25, 0.3) is 0 Å². The summed E-state index contributed by atoms with van der Waals surface area (Å²) in [4.78, 5) is 28.5. The maximum atomic E-state index is 14.6. The fourth-order valence-electron chi connectivity index (χ4n) is 2.93. The summed E-state index contributed by atoms with van der Waals surface area (Å²) >= 11 is 0. The summed E-state index contributed by atoms with van der Waals surface area (Å²) in [6.45, 7) is 4.39. The van der Waals surface area contributed by atoms with Gasteiger partial charge in [-0.15, -0.1) is 0 Å². The van der Waals surface area contributed by atoms with E-state index in [0.717, 1.165) is 6.07 Å². The number of sulfone groups is 1. The van der Waals surface area contributed by atoms with Crippen LogP contribution in [0.4, 0.5) is 4.39 Å². The molecule has 0 aromatic carbocycles. The van der Waals surface area contributed by atoms with Crippen molar-refractivity contribution in [3.63, 3.8) is 0 Å². The molecule has 0 saturated carbocycles. The number of hydrogen-bond acceptors (Lipinski definition) is 8. The number of aromatic nitrogens is 3. The molecule has 2 aromatic heterocycles. The van der Waals surface area contributed by atoms with Crippen molar-refractivity contribution in [2.45, 2.75) is 37.5 Å². The number of aliphatic imine (C=N–C) groups is 1. The van der Waals surface area contributed by atoms with Crippen molar-refractivity contribution in [3.8, 4) is 0 Å². The summed E-state index contributed by atoms with van der Waals surface area (Å²) in [5, 5.41) is 0. The van der Waals surface area contributed by atoms with E-state index >= 15 is 0 Å². The molecule has 0 unspecified atom stereocenters. The quantitative estimate of drug-likeness (QED) is 0.757. The largest absolute Gasteiger partial charge is 0.386 e. The van der Waals surface area contributed by atoms with E-state index in [9.17, 15) is 17.6 Å². The monoisotopic (exact) mass is 405 g/mol. The van der Waals surface area contributed by atoms with Gasteiger partial charge in [-0.2, -0.15) is 0 Å². The Morgan fingerprint density at radius 1 is 1.25 bits per heavy atom. The Labute approximate surface area is 162 Å². The van der Waals surface area contributed by atoms with Gasteiger partial charge < -0.3 is 5.73 Å². The summed E-state index contributed by atoms with van der Waals surface area (Å²) in [6.07, 6.45) is 2.57. The van der Waals surface area contributed by atoms with Gasteiger partial charge in [0.2, 0.25) is 0 Å². The number of carbonyl (C=O) groups is 1. The van der Waals surface area contributed by atoms with Gasteiger partial charge in [-0.05, 0) is 39.0 Å². The average molecular weight is 405 g/mol. The number of halogens is 1. The molecule has 0 bridgehead atoms. The van der Waals surface area contributed by atoms with Crippen LogP contribution in [-0.2, 0) is 21.8 Å². The minimum Gasteiger partial charge on any atom is -0.386 e. The van der Waals surface area contributed by atoms with Crippen LogP contribution in [0.2, 0.25) is 0 Å². The summed E-state index contributed by atoms with van der Waals surface area (Å²) < 4.78 is 38.6. The second-order valence-corrected chi connectivity index (χ2v) is 9.91. The molecule has 1 aliphatic heterocycles. The number of nitrogens with zero attached hydrogens (tertiary/aromatic N) is 4. The minimum atomic E-state index is -3.71. The lowest BCUT2D eigenvalue weighted by Crippen LogP contribution is -2.55. The molecule has 2 N–H and O–H groups in total. The zero-order valence-corrected chi connectivity index (χ0v) is 16.5. The molecule has 10 heteroatoms. The molecule has 3 rings (SSSR count). The van der Waals surface area contributed by atoms with Crippen molar-refractivity contribution in [1.82, 2.24) is 15.0 Å². The Balaban J connectivity index is 2.00. The molecular weight excluding hydrogens is 385 g/mol. The van der Waals surface area contributed by atoms with E-state index in [0.29, 0.717) is 0 Å². The third-order valence-electron chi connectivity index (χ3n) is 4.86. The van der Waals surface area contributed by atoms with E-state index in [4.69, 9.17) is 5.73 Å². The third kappa shape index (κ3) is 3.39. The van der Waals surface area contributed by atoms with Crippen molar-refractivity contribution in [3.05, 3.63) is 53.6 Å². The SMILES string of the molecule is CC1(C)C(N)=N[C@](C)(c2nc(CC(=O)c3ccncn3)ccc2F)CS1(=O)=O. The molecule has 0 fully saturated rings. The van der Waals surface area contributed by atoms with Crippen molar-refractivity contribution < 1.29 is 17.6 Å². The van der Waals surface area contributed by atoms with Crippen molar-refractivity contribution >= 4 is 21.5 Å². The van der Waals surface area contributed by atoms with Crippen molar-refractivity contribution in [2.24, 2.45) is 10.7 Å². The third-order valence-corrected chi connectivity index (χ3v) is 7.56. The Morgan fingerprint density at radius 2 is 1.96 bits per heavy atom. The van der Waals surface area contributed by atoms with Crippen LogP contribution in [-0.4, -0.2) is 45.5 Å². The average Bonchev–Trinajstić information content (AvgIpc) is 2.62. The zero-order valence-electron chi connectivity index (χ0n) is 15.7. The molecule has 0 amide bonds. The van der Waals surface area contributed by atoms with Gasteiger partial charge >= 0.3 is 0 Å². The minimum absolute atomic E-state index is 0.107. The van der Waals surface area contributed by atoms with Gasteiger partial charge in [0.05, 0.1) is 12.2 Å². The van der Waals surface area contributed by atoms with E-state index in [-0.39, 0.29) is 35.1 Å². The number of pyridine rings is 1. The zero-order chi connectivity index (χ0) is 20.7. The molecule has 1 aliphatic rings. The van der Waals surface area contributed by atoms with E-state index in [1.165, 1.54) is 45.4 Å². The summed E-state index contributed by atoms with van der Waals surface area (Å²) in [5.41, 5.74) is 4.73. The number of ketones is 1. The Morgan fingerprint density at radius 3 is 2.57 bits per heavy atom. The molecule has 0 spiro atoms. The lowest BCUT2D eigenvalue weighted by molar-refractivity contribution is 0.0986. The normalized spacial score (nSPS) is 23.1. The second kappa shape index (κ2) is 6.69. The van der Waals surface area contributed by atoms with Crippen LogP contribution < -0.4 is 5.73 Å². The van der Waals surface area contributed by atoms with E-state index in [1.54, 1.807) is 0 Å². The Hall–Kier alpha value is -2.75. The fraction of sp³-hybridized carbons (Fsp3) is 0.389.